The molecule has 1 aromatic carbocycles. The molecule has 0 bridgehead atoms. The van der Waals surface area contributed by atoms with E-state index in [0.717, 1.165) is 29.4 Å². The van der Waals surface area contributed by atoms with Gasteiger partial charge < -0.3 is 10.6 Å². The maximum Gasteiger partial charge on any atom is 0.270 e. The van der Waals surface area contributed by atoms with Crippen LogP contribution in [-0.2, 0) is 0 Å². The second kappa shape index (κ2) is 7.70. The molecule has 2 N–H and O–H groups in total. The minimum atomic E-state index is -0.182. The zero-order valence-electron chi connectivity index (χ0n) is 14.4. The number of para-hydroxylation sites is 1. The Morgan fingerprint density at radius 3 is 2.84 bits per heavy atom. The highest BCUT2D eigenvalue weighted by Gasteiger charge is 2.11. The van der Waals surface area contributed by atoms with Crippen LogP contribution < -0.4 is 10.6 Å². The molecule has 0 saturated heterocycles. The van der Waals surface area contributed by atoms with Crippen LogP contribution >= 0.6 is 0 Å². The van der Waals surface area contributed by atoms with Gasteiger partial charge in [-0.15, -0.1) is 0 Å². The highest BCUT2D eigenvalue weighted by molar-refractivity contribution is 5.94. The van der Waals surface area contributed by atoms with Crippen LogP contribution in [0.5, 0.6) is 0 Å². The van der Waals surface area contributed by atoms with E-state index in [9.17, 15) is 4.79 Å². The second-order valence-electron chi connectivity index (χ2n) is 5.80. The summed E-state index contributed by atoms with van der Waals surface area (Å²) in [6.45, 7) is 4.50. The first-order chi connectivity index (χ1) is 12.2. The summed E-state index contributed by atoms with van der Waals surface area (Å²) in [7, 11) is 0. The first kappa shape index (κ1) is 16.8. The number of carbonyl (C=O) groups excluding carboxylic acids is 1. The highest BCUT2D eigenvalue weighted by atomic mass is 16.1. The quantitative estimate of drug-likeness (QED) is 0.673. The Morgan fingerprint density at radius 2 is 2.00 bits per heavy atom. The van der Waals surface area contributed by atoms with E-state index in [-0.39, 0.29) is 5.91 Å². The van der Waals surface area contributed by atoms with Gasteiger partial charge in [0.2, 0.25) is 0 Å². The number of pyridine rings is 1. The first-order valence-electron chi connectivity index (χ1n) is 8.42. The van der Waals surface area contributed by atoms with Crippen LogP contribution in [0, 0.1) is 6.92 Å². The highest BCUT2D eigenvalue weighted by Crippen LogP contribution is 2.24. The number of amides is 1. The molecule has 0 saturated carbocycles. The summed E-state index contributed by atoms with van der Waals surface area (Å²) >= 11 is 0. The number of benzene rings is 1. The average Bonchev–Trinajstić information content (AvgIpc) is 2.62. The van der Waals surface area contributed by atoms with Gasteiger partial charge in [0.05, 0.1) is 11.2 Å². The maximum absolute atomic E-state index is 12.2. The molecule has 0 aliphatic rings. The Labute approximate surface area is 146 Å². The average molecular weight is 335 g/mol. The standard InChI is InChI=1S/C19H21N5O/c1-3-4-10-21-19(25)16-12-17(23-13(2)22-16)24-15-9-5-7-14-8-6-11-20-18(14)15/h5-9,11-12H,3-4,10H2,1-2H3,(H,21,25)(H,22,23,24). The third kappa shape index (κ3) is 4.09. The van der Waals surface area contributed by atoms with Crippen molar-refractivity contribution < 1.29 is 4.79 Å². The fourth-order valence-electron chi connectivity index (χ4n) is 2.56. The molecule has 3 aromatic rings. The summed E-state index contributed by atoms with van der Waals surface area (Å²) in [5.41, 5.74) is 2.06. The number of hydrogen-bond acceptors (Lipinski definition) is 5. The lowest BCUT2D eigenvalue weighted by atomic mass is 10.2. The summed E-state index contributed by atoms with van der Waals surface area (Å²) in [5, 5.41) is 7.17. The van der Waals surface area contributed by atoms with Crippen molar-refractivity contribution in [1.82, 2.24) is 20.3 Å². The Morgan fingerprint density at radius 1 is 1.16 bits per heavy atom. The van der Waals surface area contributed by atoms with Crippen molar-refractivity contribution >= 4 is 28.3 Å². The van der Waals surface area contributed by atoms with Crippen LogP contribution in [0.3, 0.4) is 0 Å². The Kier molecular flexibility index (Phi) is 5.18. The van der Waals surface area contributed by atoms with E-state index in [2.05, 4.69) is 32.5 Å². The van der Waals surface area contributed by atoms with Crippen LogP contribution in [0.4, 0.5) is 11.5 Å². The number of carbonyl (C=O) groups is 1. The number of hydrogen-bond donors (Lipinski definition) is 2. The van der Waals surface area contributed by atoms with Gasteiger partial charge in [-0.2, -0.15) is 0 Å². The normalized spacial score (nSPS) is 10.6. The van der Waals surface area contributed by atoms with E-state index in [1.165, 1.54) is 0 Å². The van der Waals surface area contributed by atoms with Gasteiger partial charge in [0, 0.05) is 24.2 Å². The Hall–Kier alpha value is -3.02. The monoisotopic (exact) mass is 335 g/mol. The number of anilines is 2. The van der Waals surface area contributed by atoms with Crippen molar-refractivity contribution in [2.24, 2.45) is 0 Å². The number of nitrogens with one attached hydrogen (secondary N) is 2. The lowest BCUT2D eigenvalue weighted by Crippen LogP contribution is -2.25. The summed E-state index contributed by atoms with van der Waals surface area (Å²) in [6.07, 6.45) is 3.73. The van der Waals surface area contributed by atoms with Crippen molar-refractivity contribution in [2.75, 3.05) is 11.9 Å². The van der Waals surface area contributed by atoms with Crippen molar-refractivity contribution in [2.45, 2.75) is 26.7 Å². The lowest BCUT2D eigenvalue weighted by molar-refractivity contribution is 0.0948. The molecule has 3 rings (SSSR count). The Bertz CT molecular complexity index is 889. The molecule has 0 unspecified atom stereocenters. The molecule has 0 fully saturated rings. The van der Waals surface area contributed by atoms with Gasteiger partial charge in [-0.25, -0.2) is 9.97 Å². The fourth-order valence-corrected chi connectivity index (χ4v) is 2.56. The van der Waals surface area contributed by atoms with E-state index >= 15 is 0 Å². The van der Waals surface area contributed by atoms with E-state index < -0.39 is 0 Å². The molecular weight excluding hydrogens is 314 g/mol. The fraction of sp³-hybridized carbons (Fsp3) is 0.263. The molecule has 2 heterocycles. The van der Waals surface area contributed by atoms with Gasteiger partial charge >= 0.3 is 0 Å². The minimum Gasteiger partial charge on any atom is -0.351 e. The molecule has 0 spiro atoms. The molecule has 6 heteroatoms. The lowest BCUT2D eigenvalue weighted by Gasteiger charge is -2.10. The molecule has 2 aromatic heterocycles. The molecule has 6 nitrogen and oxygen atoms in total. The van der Waals surface area contributed by atoms with Gasteiger partial charge in [0.25, 0.3) is 5.91 Å². The number of nitrogens with zero attached hydrogens (tertiary/aromatic N) is 3. The molecule has 25 heavy (non-hydrogen) atoms. The second-order valence-corrected chi connectivity index (χ2v) is 5.80. The topological polar surface area (TPSA) is 79.8 Å². The molecule has 0 radical (unpaired) electrons. The smallest absolute Gasteiger partial charge is 0.270 e. The van der Waals surface area contributed by atoms with Crippen molar-refractivity contribution in [1.29, 1.82) is 0 Å². The van der Waals surface area contributed by atoms with Gasteiger partial charge in [-0.05, 0) is 25.5 Å². The predicted molar refractivity (Wildman–Crippen MR) is 99.0 cm³/mol. The zero-order valence-corrected chi connectivity index (χ0v) is 14.4. The van der Waals surface area contributed by atoms with Crippen LogP contribution in [-0.4, -0.2) is 27.4 Å². The summed E-state index contributed by atoms with van der Waals surface area (Å²) < 4.78 is 0. The van der Waals surface area contributed by atoms with Crippen molar-refractivity contribution in [3.63, 3.8) is 0 Å². The number of aryl methyl sites for hydroxylation is 1. The zero-order chi connectivity index (χ0) is 17.6. The molecule has 1 amide bonds. The van der Waals surface area contributed by atoms with Crippen molar-refractivity contribution in [3.8, 4) is 0 Å². The number of fused-ring (bicyclic) bond motifs is 1. The molecule has 0 aliphatic carbocycles. The third-order valence-electron chi connectivity index (χ3n) is 3.78. The largest absolute Gasteiger partial charge is 0.351 e. The number of unbranched alkanes of at least 4 members (excludes halogenated alkanes) is 1. The van der Waals surface area contributed by atoms with Gasteiger partial charge in [0.15, 0.2) is 0 Å². The first-order valence-corrected chi connectivity index (χ1v) is 8.42. The predicted octanol–water partition coefficient (Wildman–Crippen LogP) is 3.61. The molecular formula is C19H21N5O. The minimum absolute atomic E-state index is 0.182. The van der Waals surface area contributed by atoms with Crippen LogP contribution in [0.25, 0.3) is 10.9 Å². The van der Waals surface area contributed by atoms with Gasteiger partial charge in [0.1, 0.15) is 17.3 Å². The van der Waals surface area contributed by atoms with Crippen molar-refractivity contribution in [3.05, 3.63) is 54.1 Å². The Balaban J connectivity index is 1.86. The number of aromatic nitrogens is 3. The van der Waals surface area contributed by atoms with Gasteiger partial charge in [-0.3, -0.25) is 9.78 Å². The van der Waals surface area contributed by atoms with Crippen LogP contribution in [0.2, 0.25) is 0 Å². The summed E-state index contributed by atoms with van der Waals surface area (Å²) in [6, 6.07) is 11.5. The van der Waals surface area contributed by atoms with E-state index in [0.29, 0.717) is 23.9 Å². The summed E-state index contributed by atoms with van der Waals surface area (Å²) in [5.74, 6) is 0.933. The molecule has 0 aliphatic heterocycles. The van der Waals surface area contributed by atoms with Crippen LogP contribution in [0.1, 0.15) is 36.1 Å². The van der Waals surface area contributed by atoms with E-state index in [1.807, 2.05) is 30.3 Å². The van der Waals surface area contributed by atoms with Crippen LogP contribution in [0.15, 0.2) is 42.6 Å². The molecule has 128 valence electrons. The van der Waals surface area contributed by atoms with E-state index in [4.69, 9.17) is 0 Å². The molecule has 0 atom stereocenters. The maximum atomic E-state index is 12.2. The number of rotatable bonds is 6. The van der Waals surface area contributed by atoms with E-state index in [1.54, 1.807) is 19.2 Å². The third-order valence-corrected chi connectivity index (χ3v) is 3.78. The summed E-state index contributed by atoms with van der Waals surface area (Å²) in [4.78, 5) is 25.3. The van der Waals surface area contributed by atoms with Gasteiger partial charge in [-0.1, -0.05) is 31.5 Å². The SMILES string of the molecule is CCCCNC(=O)c1cc(Nc2cccc3cccnc23)nc(C)n1.